The van der Waals surface area contributed by atoms with Crippen LogP contribution < -0.4 is 16.0 Å². The topological polar surface area (TPSA) is 99.8 Å². The second-order valence-corrected chi connectivity index (χ2v) is 6.35. The van der Waals surface area contributed by atoms with Crippen molar-refractivity contribution in [3.63, 3.8) is 0 Å². The van der Waals surface area contributed by atoms with Gasteiger partial charge in [-0.2, -0.15) is 13.2 Å². The van der Waals surface area contributed by atoms with Crippen molar-refractivity contribution in [3.05, 3.63) is 67.4 Å². The second-order valence-electron chi connectivity index (χ2n) is 5.95. The Morgan fingerprint density at radius 3 is 2.45 bits per heavy atom. The maximum absolute atomic E-state index is 14.5. The van der Waals surface area contributed by atoms with E-state index in [1.807, 2.05) is 0 Å². The van der Waals surface area contributed by atoms with Gasteiger partial charge < -0.3 is 14.6 Å². The third-order valence-electron chi connectivity index (χ3n) is 3.84. The smallest absolute Gasteiger partial charge is 0.431 e. The molecule has 0 aliphatic carbocycles. The van der Waals surface area contributed by atoms with Crippen LogP contribution in [-0.4, -0.2) is 33.4 Å². The van der Waals surface area contributed by atoms with E-state index in [0.717, 1.165) is 19.2 Å². The predicted octanol–water partition coefficient (Wildman–Crippen LogP) is 2.73. The van der Waals surface area contributed by atoms with E-state index in [1.165, 1.54) is 0 Å². The molecule has 2 aromatic rings. The zero-order valence-corrected chi connectivity index (χ0v) is 16.8. The number of carboxylic acids is 1. The van der Waals surface area contributed by atoms with Gasteiger partial charge in [0, 0.05) is 19.2 Å². The summed E-state index contributed by atoms with van der Waals surface area (Å²) in [6.45, 7) is 1.25. The van der Waals surface area contributed by atoms with E-state index in [-0.39, 0.29) is 38.3 Å². The Hall–Kier alpha value is -3.28. The first-order valence-electron chi connectivity index (χ1n) is 8.45. The van der Waals surface area contributed by atoms with Crippen LogP contribution in [-0.2, 0) is 22.8 Å². The Labute approximate surface area is 176 Å². The molecule has 0 fully saturated rings. The summed E-state index contributed by atoms with van der Waals surface area (Å²) in [6.07, 6.45) is -4.26. The van der Waals surface area contributed by atoms with E-state index < -0.39 is 47.2 Å². The molecule has 0 spiro atoms. The molecule has 1 heterocycles. The van der Waals surface area contributed by atoms with E-state index in [0.29, 0.717) is 6.07 Å². The van der Waals surface area contributed by atoms with Crippen LogP contribution >= 0.6 is 11.6 Å². The lowest BCUT2D eigenvalue weighted by atomic mass is 10.2. The van der Waals surface area contributed by atoms with Crippen LogP contribution in [0.25, 0.3) is 5.69 Å². The van der Waals surface area contributed by atoms with Crippen LogP contribution in [0.5, 0.6) is 5.75 Å². The fourth-order valence-corrected chi connectivity index (χ4v) is 2.72. The van der Waals surface area contributed by atoms with E-state index in [1.54, 1.807) is 6.92 Å². The van der Waals surface area contributed by atoms with Crippen molar-refractivity contribution in [3.8, 4) is 11.4 Å². The Bertz CT molecular complexity index is 1150. The number of ether oxygens (including phenoxy) is 2. The van der Waals surface area contributed by atoms with E-state index in [2.05, 4.69) is 0 Å². The van der Waals surface area contributed by atoms with Crippen molar-refractivity contribution in [2.75, 3.05) is 13.2 Å². The minimum absolute atomic E-state index is 0.112. The van der Waals surface area contributed by atoms with Gasteiger partial charge in [0.2, 0.25) is 0 Å². The Morgan fingerprint density at radius 2 is 1.90 bits per heavy atom. The highest BCUT2D eigenvalue weighted by Crippen LogP contribution is 2.30. The summed E-state index contributed by atoms with van der Waals surface area (Å²) in [7, 11) is 0.775. The molecule has 1 aromatic carbocycles. The molecule has 0 aliphatic heterocycles. The van der Waals surface area contributed by atoms with Gasteiger partial charge in [-0.05, 0) is 13.0 Å². The number of alkyl halides is 3. The zero-order chi connectivity index (χ0) is 23.5. The number of hydrogen-bond acceptors (Lipinski definition) is 5. The van der Waals surface area contributed by atoms with Crippen LogP contribution in [0.3, 0.4) is 0 Å². The molecule has 0 saturated heterocycles. The largest absolute Gasteiger partial charge is 0.494 e. The summed E-state index contributed by atoms with van der Waals surface area (Å²) in [5.74, 6) is -2.89. The normalized spacial score (nSPS) is 12.0. The number of aromatic nitrogens is 2. The van der Waals surface area contributed by atoms with Crippen molar-refractivity contribution in [2.24, 2.45) is 7.05 Å². The van der Waals surface area contributed by atoms with Crippen LogP contribution in [0.2, 0.25) is 5.02 Å². The highest BCUT2D eigenvalue weighted by atomic mass is 35.5. The van der Waals surface area contributed by atoms with Crippen LogP contribution in [0, 0.1) is 5.82 Å². The van der Waals surface area contributed by atoms with Gasteiger partial charge >= 0.3 is 17.8 Å². The Kier molecular flexibility index (Phi) is 7.16. The molecule has 0 amide bonds. The highest BCUT2D eigenvalue weighted by Gasteiger charge is 2.35. The van der Waals surface area contributed by atoms with Gasteiger partial charge in [-0.3, -0.25) is 9.36 Å². The summed E-state index contributed by atoms with van der Waals surface area (Å²) in [5.41, 5.74) is -5.10. The molecule has 1 N–H and O–H groups in total. The van der Waals surface area contributed by atoms with Gasteiger partial charge in [-0.15, -0.1) is 0 Å². The second kappa shape index (κ2) is 9.25. The molecule has 0 saturated carbocycles. The van der Waals surface area contributed by atoms with E-state index in [9.17, 15) is 31.9 Å². The lowest BCUT2D eigenvalue weighted by Gasteiger charge is -2.16. The van der Waals surface area contributed by atoms with Crippen LogP contribution in [0.1, 0.15) is 12.6 Å². The average Bonchev–Trinajstić information content (AvgIpc) is 2.64. The molecular weight excluding hydrogens is 452 g/mol. The number of hydrogen-bond donors (Lipinski definition) is 1. The molecule has 13 heteroatoms. The van der Waals surface area contributed by atoms with Crippen molar-refractivity contribution in [1.29, 1.82) is 0 Å². The van der Waals surface area contributed by atoms with Crippen LogP contribution in [0.15, 0.2) is 39.6 Å². The number of carbonyl (C=O) groups is 1. The van der Waals surface area contributed by atoms with Crippen molar-refractivity contribution >= 4 is 17.6 Å². The molecule has 2 rings (SSSR count). The minimum Gasteiger partial charge on any atom is -0.494 e. The van der Waals surface area contributed by atoms with Gasteiger partial charge in [0.1, 0.15) is 29.6 Å². The van der Waals surface area contributed by atoms with Gasteiger partial charge in [0.05, 0.1) is 23.4 Å². The summed E-state index contributed by atoms with van der Waals surface area (Å²) in [5, 5.41) is 8.51. The van der Waals surface area contributed by atoms with Gasteiger partial charge in [-0.1, -0.05) is 11.6 Å². The van der Waals surface area contributed by atoms with Crippen LogP contribution in [0.4, 0.5) is 17.6 Å². The fraction of sp³-hybridized carbons (Fsp3) is 0.278. The number of halogens is 5. The monoisotopic (exact) mass is 466 g/mol. The molecule has 0 unspecified atom stereocenters. The fourth-order valence-electron chi connectivity index (χ4n) is 2.52. The maximum Gasteiger partial charge on any atom is 0.431 e. The van der Waals surface area contributed by atoms with Crippen molar-refractivity contribution in [2.45, 2.75) is 13.1 Å². The third kappa shape index (κ3) is 5.45. The quantitative estimate of drug-likeness (QED) is 0.383. The third-order valence-corrected chi connectivity index (χ3v) is 4.13. The molecule has 0 bridgehead atoms. The average molecular weight is 467 g/mol. The molecule has 0 radical (unpaired) electrons. The number of aliphatic carboxylic acids is 1. The molecule has 31 heavy (non-hydrogen) atoms. The summed E-state index contributed by atoms with van der Waals surface area (Å²) < 4.78 is 64.1. The first-order valence-corrected chi connectivity index (χ1v) is 8.83. The molecule has 1 aromatic heterocycles. The summed E-state index contributed by atoms with van der Waals surface area (Å²) >= 11 is 5.89. The van der Waals surface area contributed by atoms with E-state index >= 15 is 0 Å². The minimum atomic E-state index is -4.98. The zero-order valence-electron chi connectivity index (χ0n) is 16.0. The molecule has 0 atom stereocenters. The van der Waals surface area contributed by atoms with Gasteiger partial charge in [-0.25, -0.2) is 18.5 Å². The lowest BCUT2D eigenvalue weighted by molar-refractivity contribution is -0.144. The van der Waals surface area contributed by atoms with Gasteiger partial charge in [0.25, 0.3) is 5.56 Å². The summed E-state index contributed by atoms with van der Waals surface area (Å²) in [6, 6.07) is 1.67. The predicted molar refractivity (Wildman–Crippen MR) is 100 cm³/mol. The number of rotatable bonds is 7. The number of carboxylic acid groups (broad SMARTS) is 1. The Balaban J connectivity index is 2.56. The number of benzene rings is 1. The standard InChI is InChI=1S/C18H15ClF4N2O6/c1-3-30-9(4-16(27)28)8-31-13-6-12(11(20)5-10(13)19)25-15(26)7-14(18(21,22)23)24(2)17(25)29/h4-7H,3,8H2,1-2H3,(H,27,28). The molecular formula is C18H15ClF4N2O6. The Morgan fingerprint density at radius 1 is 1.26 bits per heavy atom. The first kappa shape index (κ1) is 24.0. The lowest BCUT2D eigenvalue weighted by Crippen LogP contribution is -2.41. The molecule has 168 valence electrons. The first-order chi connectivity index (χ1) is 14.4. The van der Waals surface area contributed by atoms with Crippen molar-refractivity contribution < 1.29 is 36.9 Å². The van der Waals surface area contributed by atoms with Crippen molar-refractivity contribution in [1.82, 2.24) is 9.13 Å². The van der Waals surface area contributed by atoms with Gasteiger partial charge in [0.15, 0.2) is 0 Å². The SMILES string of the molecule is CCOC(=CC(=O)O)COc1cc(-n2c(=O)cc(C(F)(F)F)n(C)c2=O)c(F)cc1Cl. The number of nitrogens with zero attached hydrogens (tertiary/aromatic N) is 2. The molecule has 0 aliphatic rings. The maximum atomic E-state index is 14.5. The highest BCUT2D eigenvalue weighted by molar-refractivity contribution is 6.32. The van der Waals surface area contributed by atoms with E-state index in [4.69, 9.17) is 26.2 Å². The molecule has 8 nitrogen and oxygen atoms in total. The summed E-state index contributed by atoms with van der Waals surface area (Å²) in [4.78, 5) is 35.4.